The van der Waals surface area contributed by atoms with Gasteiger partial charge in [0.15, 0.2) is 5.75 Å². The Labute approximate surface area is 308 Å². The Morgan fingerprint density at radius 2 is 1.62 bits per heavy atom. The zero-order valence-electron chi connectivity index (χ0n) is 31.6. The highest BCUT2D eigenvalue weighted by Crippen LogP contribution is 2.55. The fraction of sp³-hybridized carbons (Fsp3) is 0.513. The number of ether oxygens (including phenoxy) is 4. The van der Waals surface area contributed by atoms with Crippen molar-refractivity contribution >= 4 is 34.1 Å². The fourth-order valence-corrected chi connectivity index (χ4v) is 7.17. The lowest BCUT2D eigenvalue weighted by Crippen LogP contribution is -2.46. The summed E-state index contributed by atoms with van der Waals surface area (Å²) in [5, 5.41) is 59.5. The second-order valence-electron chi connectivity index (χ2n) is 14.2. The molecule has 0 saturated heterocycles. The highest BCUT2D eigenvalue weighted by Gasteiger charge is 2.50. The number of carbonyl (C=O) groups excluding carboxylic acids is 3. The molecule has 0 aromatic heterocycles. The van der Waals surface area contributed by atoms with Crippen LogP contribution in [-0.2, 0) is 30.2 Å². The molecule has 0 unspecified atom stereocenters. The van der Waals surface area contributed by atoms with Crippen molar-refractivity contribution in [1.29, 1.82) is 0 Å². The number of rotatable bonds is 4. The number of methoxy groups -OCH3 is 1. The van der Waals surface area contributed by atoms with Gasteiger partial charge in [-0.05, 0) is 32.9 Å². The van der Waals surface area contributed by atoms with Crippen molar-refractivity contribution < 1.29 is 58.9 Å². The minimum absolute atomic E-state index is 0.0153. The van der Waals surface area contributed by atoms with Crippen LogP contribution in [0.15, 0.2) is 36.1 Å². The van der Waals surface area contributed by atoms with E-state index in [2.05, 4.69) is 5.32 Å². The summed E-state index contributed by atoms with van der Waals surface area (Å²) in [4.78, 5) is 39.9. The highest BCUT2D eigenvalue weighted by atomic mass is 16.7. The Hall–Kier alpha value is -4.63. The van der Waals surface area contributed by atoms with E-state index < -0.39 is 88.8 Å². The van der Waals surface area contributed by atoms with Gasteiger partial charge < -0.3 is 55.5 Å². The Balaban J connectivity index is 1.94. The molecule has 0 fully saturated rings. The number of hydrogen-bond donors (Lipinski definition) is 7. The van der Waals surface area contributed by atoms with Crippen molar-refractivity contribution in [2.24, 2.45) is 29.4 Å². The second-order valence-corrected chi connectivity index (χ2v) is 14.2. The number of fused-ring (bicyclic) bond motifs is 14. The summed E-state index contributed by atoms with van der Waals surface area (Å²) < 4.78 is 23.4. The molecule has 3 aliphatic heterocycles. The first-order valence-electron chi connectivity index (χ1n) is 17.6. The average Bonchev–Trinajstić information content (AvgIpc) is 3.38. The molecule has 3 aliphatic rings. The number of benzene rings is 2. The average molecular weight is 741 g/mol. The van der Waals surface area contributed by atoms with Crippen LogP contribution in [0.4, 0.5) is 5.69 Å². The van der Waals surface area contributed by atoms with Crippen LogP contribution in [-0.4, -0.2) is 87.0 Å². The normalized spacial score (nSPS) is 29.8. The van der Waals surface area contributed by atoms with Crippen LogP contribution < -0.4 is 15.8 Å². The molecule has 5 bridgehead atoms. The molecule has 290 valence electrons. The lowest BCUT2D eigenvalue weighted by Gasteiger charge is -2.38. The van der Waals surface area contributed by atoms with E-state index in [0.717, 1.165) is 0 Å². The van der Waals surface area contributed by atoms with E-state index in [1.54, 1.807) is 39.8 Å². The highest BCUT2D eigenvalue weighted by molar-refractivity contribution is 6.22. The molecule has 2 aromatic carbocycles. The van der Waals surface area contributed by atoms with Gasteiger partial charge in [0, 0.05) is 66.7 Å². The van der Waals surface area contributed by atoms with Gasteiger partial charge in [-0.2, -0.15) is 0 Å². The number of phenolic OH excluding ortho intramolecular Hbond substituents is 3. The van der Waals surface area contributed by atoms with Crippen LogP contribution in [0.3, 0.4) is 0 Å². The first-order chi connectivity index (χ1) is 24.8. The molecule has 53 heavy (non-hydrogen) atoms. The molecule has 3 heterocycles. The number of ketones is 1. The zero-order chi connectivity index (χ0) is 39.7. The van der Waals surface area contributed by atoms with Gasteiger partial charge in [-0.1, -0.05) is 45.9 Å². The first kappa shape index (κ1) is 41.1. The molecule has 0 radical (unpaired) electrons. The Bertz CT molecular complexity index is 1850. The number of aromatic hydroxyl groups is 3. The lowest BCUT2D eigenvalue weighted by atomic mass is 9.78. The summed E-state index contributed by atoms with van der Waals surface area (Å²) in [6.07, 6.45) is 3.53. The van der Waals surface area contributed by atoms with Crippen molar-refractivity contribution in [1.82, 2.24) is 0 Å². The maximum atomic E-state index is 14.2. The molecule has 14 heteroatoms. The van der Waals surface area contributed by atoms with Gasteiger partial charge in [0.25, 0.3) is 11.7 Å². The van der Waals surface area contributed by atoms with E-state index in [4.69, 9.17) is 24.7 Å². The van der Waals surface area contributed by atoms with Crippen LogP contribution in [0.5, 0.6) is 23.0 Å². The summed E-state index contributed by atoms with van der Waals surface area (Å²) in [5.41, 5.74) is 5.77. The predicted molar refractivity (Wildman–Crippen MR) is 197 cm³/mol. The lowest BCUT2D eigenvalue weighted by molar-refractivity contribution is -0.160. The first-order valence-corrected chi connectivity index (χ1v) is 17.6. The Kier molecular flexibility index (Phi) is 12.5. The molecule has 5 rings (SSSR count). The third-order valence-electron chi connectivity index (χ3n) is 10.5. The number of aliphatic hydroxyl groups is 2. The number of allylic oxidation sites excluding steroid dienone is 2. The van der Waals surface area contributed by atoms with Crippen LogP contribution in [0, 0.1) is 30.6 Å². The molecule has 14 nitrogen and oxygen atoms in total. The van der Waals surface area contributed by atoms with E-state index in [1.807, 2.05) is 0 Å². The maximum Gasteiger partial charge on any atom is 0.312 e. The third-order valence-corrected chi connectivity index (χ3v) is 10.5. The van der Waals surface area contributed by atoms with Gasteiger partial charge in [-0.3, -0.25) is 14.4 Å². The summed E-state index contributed by atoms with van der Waals surface area (Å²) in [6, 6.07) is 0. The quantitative estimate of drug-likeness (QED) is 0.132. The number of aliphatic hydroxyl groups excluding tert-OH is 2. The number of carbonyl (C=O) groups is 3. The fourth-order valence-electron chi connectivity index (χ4n) is 7.17. The summed E-state index contributed by atoms with van der Waals surface area (Å²) in [6.45, 7) is 12.5. The van der Waals surface area contributed by atoms with Crippen molar-refractivity contribution in [3.05, 3.63) is 52.8 Å². The largest absolute Gasteiger partial charge is 0.507 e. The van der Waals surface area contributed by atoms with Crippen LogP contribution >= 0.6 is 0 Å². The monoisotopic (exact) mass is 740 g/mol. The molecule has 0 spiro atoms. The van der Waals surface area contributed by atoms with Gasteiger partial charge in [-0.15, -0.1) is 0 Å². The number of nitrogens with one attached hydrogen (secondary N) is 1. The molecule has 2 aromatic rings. The summed E-state index contributed by atoms with van der Waals surface area (Å²) >= 11 is 0. The molecule has 0 aliphatic carbocycles. The number of phenols is 3. The standard InChI is InChI=1S/C39H52N2O12/c1-17-11-10-12-18(2)38(49)41-29-24(13-15-40)33(46)26-27(34(29)47)32(45)22(6)36-28(26)37(48)39(8,53-36)51-16-14-25(50-9)19(3)35(52-23(7)42)21(5)31(44)20(4)30(17)43/h10-12,14,16-17,19-21,25,30-31,35,43-47H,13,15,40H2,1-9H3,(H,41,49)/t17-,19+,20+,21+,25-,30-,31+,35+,39-/m0/s1. The van der Waals surface area contributed by atoms with E-state index in [0.29, 0.717) is 0 Å². The van der Waals surface area contributed by atoms with E-state index in [-0.39, 0.29) is 57.4 Å². The second kappa shape index (κ2) is 16.2. The minimum Gasteiger partial charge on any atom is -0.507 e. The van der Waals surface area contributed by atoms with Gasteiger partial charge in [-0.25, -0.2) is 0 Å². The molecule has 9 atom stereocenters. The number of anilines is 1. The predicted octanol–water partition coefficient (Wildman–Crippen LogP) is 4.26. The van der Waals surface area contributed by atoms with Crippen molar-refractivity contribution in [2.45, 2.75) is 92.0 Å². The number of hydrogen-bond acceptors (Lipinski definition) is 13. The van der Waals surface area contributed by atoms with Crippen molar-refractivity contribution in [3.8, 4) is 23.0 Å². The molecular formula is C39H52N2O12. The van der Waals surface area contributed by atoms with Gasteiger partial charge in [0.2, 0.25) is 0 Å². The zero-order valence-corrected chi connectivity index (χ0v) is 31.6. The number of Topliss-reactive ketones (excluding diaryl/α,β-unsaturated/α-hetero) is 1. The Morgan fingerprint density at radius 1 is 0.962 bits per heavy atom. The Morgan fingerprint density at radius 3 is 2.23 bits per heavy atom. The number of amides is 1. The minimum atomic E-state index is -2.01. The molecule has 1 amide bonds. The van der Waals surface area contributed by atoms with Crippen LogP contribution in [0.25, 0.3) is 10.8 Å². The van der Waals surface area contributed by atoms with E-state index in [1.165, 1.54) is 53.2 Å². The smallest absolute Gasteiger partial charge is 0.312 e. The van der Waals surface area contributed by atoms with Gasteiger partial charge >= 0.3 is 11.8 Å². The molecular weight excluding hydrogens is 688 g/mol. The van der Waals surface area contributed by atoms with E-state index >= 15 is 0 Å². The van der Waals surface area contributed by atoms with Crippen molar-refractivity contribution in [3.63, 3.8) is 0 Å². The molecule has 0 saturated carbocycles. The van der Waals surface area contributed by atoms with Gasteiger partial charge in [0.1, 0.15) is 23.4 Å². The maximum absolute atomic E-state index is 14.2. The summed E-state index contributed by atoms with van der Waals surface area (Å²) in [7, 11) is 1.43. The summed E-state index contributed by atoms with van der Waals surface area (Å²) in [5.74, 6) is -8.13. The van der Waals surface area contributed by atoms with Crippen LogP contribution in [0.1, 0.15) is 70.0 Å². The van der Waals surface area contributed by atoms with Crippen LogP contribution in [0.2, 0.25) is 0 Å². The van der Waals surface area contributed by atoms with Gasteiger partial charge in [0.05, 0.1) is 41.2 Å². The topological polar surface area (TPSA) is 227 Å². The van der Waals surface area contributed by atoms with E-state index in [9.17, 15) is 39.9 Å². The number of esters is 1. The third kappa shape index (κ3) is 7.72. The number of nitrogens with two attached hydrogens (primary N) is 1. The van der Waals surface area contributed by atoms with Crippen molar-refractivity contribution in [2.75, 3.05) is 19.0 Å². The SMILES string of the molecule is CO[C@H]1C=CO[C@@]2(C)Oc3c(C)c(O)c4c(O)c(c(CCN)c(O)c4c3C2=O)NC(=O)C(C)=CC=C[C@H](C)[C@H](O)[C@@H](C)[C@@H](O)[C@@H](C)[C@H](OC(C)=O)[C@@H]1C. The molecule has 8 N–H and O–H groups in total.